The molecule has 10 heteroatoms. The maximum absolute atomic E-state index is 13.2. The SMILES string of the molecule is Cc1ccc(S(=O)(=O)N2CCN(Cc3cccc(F)c3)CC2)cc1.O=C(O)C(=O)O. The lowest BCUT2D eigenvalue weighted by Gasteiger charge is -2.34. The zero-order valence-electron chi connectivity index (χ0n) is 16.4. The molecule has 1 saturated heterocycles. The summed E-state index contributed by atoms with van der Waals surface area (Å²) in [6.45, 7) is 4.75. The average Bonchev–Trinajstić information content (AvgIpc) is 2.69. The van der Waals surface area contributed by atoms with Crippen molar-refractivity contribution in [2.45, 2.75) is 18.4 Å². The Balaban J connectivity index is 0.000000469. The number of sulfonamides is 1. The number of hydrogen-bond donors (Lipinski definition) is 2. The number of rotatable bonds is 4. The number of aliphatic carboxylic acids is 2. The number of halogens is 1. The van der Waals surface area contributed by atoms with Crippen LogP contribution in [0.2, 0.25) is 0 Å². The lowest BCUT2D eigenvalue weighted by molar-refractivity contribution is -0.159. The molecular weight excluding hydrogens is 415 g/mol. The third-order valence-electron chi connectivity index (χ3n) is 4.47. The van der Waals surface area contributed by atoms with Crippen molar-refractivity contribution in [2.24, 2.45) is 0 Å². The Morgan fingerprint density at radius 2 is 1.53 bits per heavy atom. The average molecular weight is 438 g/mol. The Labute approximate surface area is 174 Å². The van der Waals surface area contributed by atoms with Crippen molar-refractivity contribution in [1.82, 2.24) is 9.21 Å². The summed E-state index contributed by atoms with van der Waals surface area (Å²) in [5.74, 6) is -3.89. The molecule has 0 spiro atoms. The zero-order valence-corrected chi connectivity index (χ0v) is 17.2. The van der Waals surface area contributed by atoms with E-state index in [1.807, 2.05) is 25.1 Å². The largest absolute Gasteiger partial charge is 0.473 e. The molecule has 0 saturated carbocycles. The molecule has 0 aromatic heterocycles. The van der Waals surface area contributed by atoms with Crippen molar-refractivity contribution in [2.75, 3.05) is 26.2 Å². The maximum atomic E-state index is 13.2. The highest BCUT2D eigenvalue weighted by Crippen LogP contribution is 2.19. The van der Waals surface area contributed by atoms with E-state index < -0.39 is 22.0 Å². The van der Waals surface area contributed by atoms with E-state index in [-0.39, 0.29) is 5.82 Å². The molecule has 0 radical (unpaired) electrons. The minimum absolute atomic E-state index is 0.243. The van der Waals surface area contributed by atoms with E-state index in [4.69, 9.17) is 19.8 Å². The molecule has 1 aliphatic rings. The summed E-state index contributed by atoms with van der Waals surface area (Å²) >= 11 is 0. The first-order valence-electron chi connectivity index (χ1n) is 9.09. The van der Waals surface area contributed by atoms with Crippen molar-refractivity contribution >= 4 is 22.0 Å². The molecule has 0 unspecified atom stereocenters. The van der Waals surface area contributed by atoms with Gasteiger partial charge in [0.15, 0.2) is 0 Å². The lowest BCUT2D eigenvalue weighted by atomic mass is 10.2. The van der Waals surface area contributed by atoms with Gasteiger partial charge in [0.1, 0.15) is 5.82 Å². The predicted octanol–water partition coefficient (Wildman–Crippen LogP) is 1.80. The highest BCUT2D eigenvalue weighted by Gasteiger charge is 2.28. The van der Waals surface area contributed by atoms with Crippen LogP contribution < -0.4 is 0 Å². The number of piperazine rings is 1. The molecule has 0 bridgehead atoms. The highest BCUT2D eigenvalue weighted by molar-refractivity contribution is 7.89. The van der Waals surface area contributed by atoms with Crippen molar-refractivity contribution in [3.8, 4) is 0 Å². The number of carboxylic acids is 2. The summed E-state index contributed by atoms with van der Waals surface area (Å²) in [5.41, 5.74) is 1.94. The molecule has 0 aliphatic carbocycles. The second kappa shape index (κ2) is 10.3. The van der Waals surface area contributed by atoms with Crippen LogP contribution in [0.15, 0.2) is 53.4 Å². The Bertz CT molecular complexity index is 975. The van der Waals surface area contributed by atoms with E-state index in [0.717, 1.165) is 11.1 Å². The Morgan fingerprint density at radius 3 is 2.03 bits per heavy atom. The van der Waals surface area contributed by atoms with Crippen molar-refractivity contribution in [1.29, 1.82) is 0 Å². The molecule has 3 rings (SSSR count). The van der Waals surface area contributed by atoms with Gasteiger partial charge in [0.25, 0.3) is 0 Å². The van der Waals surface area contributed by atoms with E-state index in [9.17, 15) is 12.8 Å². The molecule has 30 heavy (non-hydrogen) atoms. The van der Waals surface area contributed by atoms with Gasteiger partial charge in [0.2, 0.25) is 10.0 Å². The Kier molecular flexibility index (Phi) is 8.04. The highest BCUT2D eigenvalue weighted by atomic mass is 32.2. The lowest BCUT2D eigenvalue weighted by Crippen LogP contribution is -2.48. The van der Waals surface area contributed by atoms with Gasteiger partial charge in [-0.15, -0.1) is 0 Å². The van der Waals surface area contributed by atoms with Crippen LogP contribution in [-0.4, -0.2) is 66.0 Å². The van der Waals surface area contributed by atoms with Gasteiger partial charge in [0, 0.05) is 32.7 Å². The van der Waals surface area contributed by atoms with Crippen LogP contribution in [0.25, 0.3) is 0 Å². The van der Waals surface area contributed by atoms with Crippen molar-refractivity contribution in [3.63, 3.8) is 0 Å². The molecule has 2 N–H and O–H groups in total. The van der Waals surface area contributed by atoms with Gasteiger partial charge in [-0.1, -0.05) is 29.8 Å². The fraction of sp³-hybridized carbons (Fsp3) is 0.300. The van der Waals surface area contributed by atoms with E-state index in [1.165, 1.54) is 16.4 Å². The van der Waals surface area contributed by atoms with Crippen LogP contribution in [0, 0.1) is 12.7 Å². The van der Waals surface area contributed by atoms with Gasteiger partial charge in [-0.05, 0) is 36.8 Å². The Hall–Kier alpha value is -2.82. The number of nitrogens with zero attached hydrogens (tertiary/aromatic N) is 2. The number of aryl methyl sites for hydroxylation is 1. The molecule has 1 heterocycles. The second-order valence-electron chi connectivity index (χ2n) is 6.73. The van der Waals surface area contributed by atoms with Crippen LogP contribution in [-0.2, 0) is 26.2 Å². The first-order chi connectivity index (χ1) is 14.1. The Morgan fingerprint density at radius 1 is 0.967 bits per heavy atom. The molecule has 162 valence electrons. The molecule has 2 aromatic rings. The van der Waals surface area contributed by atoms with Crippen molar-refractivity contribution < 1.29 is 32.6 Å². The standard InChI is InChI=1S/C18H21FN2O2S.C2H2O4/c1-15-5-7-18(8-6-15)24(22,23)21-11-9-20(10-12-21)14-16-3-2-4-17(19)13-16;3-1(4)2(5)6/h2-8,13H,9-12,14H2,1H3;(H,3,4)(H,5,6). The zero-order chi connectivity index (χ0) is 22.3. The summed E-state index contributed by atoms with van der Waals surface area (Å²) in [5, 5.41) is 14.8. The van der Waals surface area contributed by atoms with Gasteiger partial charge in [-0.25, -0.2) is 22.4 Å². The fourth-order valence-electron chi connectivity index (χ4n) is 2.88. The fourth-order valence-corrected chi connectivity index (χ4v) is 4.30. The second-order valence-corrected chi connectivity index (χ2v) is 8.67. The van der Waals surface area contributed by atoms with Gasteiger partial charge in [-0.2, -0.15) is 4.31 Å². The van der Waals surface area contributed by atoms with Gasteiger partial charge in [0.05, 0.1) is 4.90 Å². The monoisotopic (exact) mass is 438 g/mol. The summed E-state index contributed by atoms with van der Waals surface area (Å²) in [6, 6.07) is 13.5. The minimum Gasteiger partial charge on any atom is -0.473 e. The van der Waals surface area contributed by atoms with E-state index in [1.54, 1.807) is 18.2 Å². The smallest absolute Gasteiger partial charge is 0.414 e. The third-order valence-corrected chi connectivity index (χ3v) is 6.38. The normalized spacial score (nSPS) is 15.1. The molecule has 2 aromatic carbocycles. The van der Waals surface area contributed by atoms with Gasteiger partial charge < -0.3 is 10.2 Å². The van der Waals surface area contributed by atoms with Crippen LogP contribution in [0.5, 0.6) is 0 Å². The van der Waals surface area contributed by atoms with E-state index in [2.05, 4.69) is 4.90 Å². The molecular formula is C20H23FN2O6S. The summed E-state index contributed by atoms with van der Waals surface area (Å²) < 4.78 is 40.1. The molecule has 0 atom stereocenters. The maximum Gasteiger partial charge on any atom is 0.414 e. The first kappa shape index (κ1) is 23.5. The van der Waals surface area contributed by atoms with Crippen LogP contribution in [0.3, 0.4) is 0 Å². The van der Waals surface area contributed by atoms with E-state index >= 15 is 0 Å². The summed E-state index contributed by atoms with van der Waals surface area (Å²) in [7, 11) is -3.44. The third kappa shape index (κ3) is 6.61. The first-order valence-corrected chi connectivity index (χ1v) is 10.5. The number of carboxylic acid groups (broad SMARTS) is 2. The van der Waals surface area contributed by atoms with Crippen molar-refractivity contribution in [3.05, 3.63) is 65.5 Å². The minimum atomic E-state index is -3.44. The quantitative estimate of drug-likeness (QED) is 0.700. The van der Waals surface area contributed by atoms with Gasteiger partial charge in [-0.3, -0.25) is 4.90 Å². The molecule has 1 aliphatic heterocycles. The summed E-state index contributed by atoms with van der Waals surface area (Å²) in [4.78, 5) is 20.7. The number of benzene rings is 2. The number of carbonyl (C=O) groups is 2. The van der Waals surface area contributed by atoms with Crippen LogP contribution >= 0.6 is 0 Å². The van der Waals surface area contributed by atoms with E-state index in [0.29, 0.717) is 37.6 Å². The predicted molar refractivity (Wildman–Crippen MR) is 107 cm³/mol. The summed E-state index contributed by atoms with van der Waals surface area (Å²) in [6.07, 6.45) is 0. The molecule has 1 fully saturated rings. The van der Waals surface area contributed by atoms with Crippen LogP contribution in [0.1, 0.15) is 11.1 Å². The molecule has 0 amide bonds. The van der Waals surface area contributed by atoms with Gasteiger partial charge >= 0.3 is 11.9 Å². The van der Waals surface area contributed by atoms with Crippen LogP contribution in [0.4, 0.5) is 4.39 Å². The topological polar surface area (TPSA) is 115 Å². The number of hydrogen-bond acceptors (Lipinski definition) is 5. The molecule has 8 nitrogen and oxygen atoms in total.